The Bertz CT molecular complexity index is 482. The molecule has 0 heterocycles. The topological polar surface area (TPSA) is 131 Å². The van der Waals surface area contributed by atoms with Gasteiger partial charge in [0, 0.05) is 0 Å². The van der Waals surface area contributed by atoms with Gasteiger partial charge in [-0.15, -0.1) is 0 Å². The molecular formula is C15H28O7P2. The minimum Gasteiger partial charge on any atom is -0.507 e. The third-order valence-corrected chi connectivity index (χ3v) is 3.49. The fourth-order valence-corrected chi connectivity index (χ4v) is 2.32. The summed E-state index contributed by atoms with van der Waals surface area (Å²) >= 11 is 0. The van der Waals surface area contributed by atoms with Crippen LogP contribution in [0.3, 0.4) is 0 Å². The Morgan fingerprint density at radius 1 is 0.833 bits per heavy atom. The van der Waals surface area contributed by atoms with Crippen LogP contribution >= 0.6 is 17.2 Å². The molecule has 0 bridgehead atoms. The van der Waals surface area contributed by atoms with Gasteiger partial charge in [-0.05, 0) is 39.7 Å². The van der Waals surface area contributed by atoms with Crippen LogP contribution in [0.2, 0.25) is 0 Å². The Hall–Kier alpha value is -0.360. The molecule has 0 amide bonds. The number of aromatic hydroxyl groups is 1. The van der Waals surface area contributed by atoms with Crippen LogP contribution in [-0.2, 0) is 22.0 Å². The van der Waals surface area contributed by atoms with Gasteiger partial charge in [-0.3, -0.25) is 0 Å². The van der Waals surface area contributed by atoms with Crippen molar-refractivity contribution in [1.82, 2.24) is 0 Å². The number of phenolic OH excluding ortho intramolecular Hbond substituents is 1. The minimum atomic E-state index is -2.62. The standard InChI is InChI=1S/C15H25O4P.H3O3P/c1-14(2,3)11-7-10(9-19-20(17)18)8-12(13(11)16)15(4,5)6;1-4(2)3/h7-8,16-18H,9H2,1-6H3;1-3H. The summed E-state index contributed by atoms with van der Waals surface area (Å²) in [4.78, 5) is 39.4. The van der Waals surface area contributed by atoms with Crippen molar-refractivity contribution < 1.29 is 34.1 Å². The van der Waals surface area contributed by atoms with Gasteiger partial charge in [-0.25, -0.2) is 0 Å². The van der Waals surface area contributed by atoms with Crippen LogP contribution in [0.4, 0.5) is 0 Å². The monoisotopic (exact) mass is 382 g/mol. The van der Waals surface area contributed by atoms with E-state index in [0.717, 1.165) is 16.7 Å². The lowest BCUT2D eigenvalue weighted by Crippen LogP contribution is -2.18. The highest BCUT2D eigenvalue weighted by Gasteiger charge is 2.26. The molecule has 0 radical (unpaired) electrons. The van der Waals surface area contributed by atoms with Gasteiger partial charge >= 0.3 is 17.2 Å². The quantitative estimate of drug-likeness (QED) is 0.443. The Kier molecular flexibility index (Phi) is 9.23. The van der Waals surface area contributed by atoms with Gasteiger partial charge in [0.1, 0.15) is 5.75 Å². The van der Waals surface area contributed by atoms with Gasteiger partial charge in [0.25, 0.3) is 0 Å². The summed E-state index contributed by atoms with van der Waals surface area (Å²) in [5.41, 5.74) is 2.09. The van der Waals surface area contributed by atoms with E-state index in [9.17, 15) is 5.11 Å². The number of benzene rings is 1. The Labute approximate surface area is 145 Å². The van der Waals surface area contributed by atoms with E-state index in [4.69, 9.17) is 29.0 Å². The molecule has 0 aliphatic rings. The predicted molar refractivity (Wildman–Crippen MR) is 95.2 cm³/mol. The molecule has 24 heavy (non-hydrogen) atoms. The second-order valence-corrected chi connectivity index (χ2v) is 8.63. The highest BCUT2D eigenvalue weighted by molar-refractivity contribution is 7.39. The van der Waals surface area contributed by atoms with E-state index >= 15 is 0 Å². The molecule has 0 aliphatic carbocycles. The van der Waals surface area contributed by atoms with Gasteiger partial charge in [-0.1, -0.05) is 41.5 Å². The first-order chi connectivity index (χ1) is 10.7. The molecule has 9 heteroatoms. The van der Waals surface area contributed by atoms with Gasteiger partial charge in [0.15, 0.2) is 0 Å². The summed E-state index contributed by atoms with van der Waals surface area (Å²) in [7, 11) is -4.99. The molecule has 0 saturated heterocycles. The average molecular weight is 382 g/mol. The number of hydrogen-bond donors (Lipinski definition) is 6. The Balaban J connectivity index is 0.00000118. The lowest BCUT2D eigenvalue weighted by molar-refractivity contribution is 0.245. The van der Waals surface area contributed by atoms with E-state index < -0.39 is 17.2 Å². The summed E-state index contributed by atoms with van der Waals surface area (Å²) in [5, 5.41) is 10.5. The first-order valence-corrected chi connectivity index (χ1v) is 9.57. The van der Waals surface area contributed by atoms with Gasteiger partial charge in [-0.2, -0.15) is 0 Å². The van der Waals surface area contributed by atoms with Crippen molar-refractivity contribution in [2.75, 3.05) is 0 Å². The Morgan fingerprint density at radius 2 is 1.17 bits per heavy atom. The lowest BCUT2D eigenvalue weighted by Gasteiger charge is -2.28. The highest BCUT2D eigenvalue weighted by atomic mass is 31.2. The SMILES string of the molecule is CC(C)(C)c1cc(COP(O)O)cc(C(C)(C)C)c1O.OP(O)O. The molecule has 0 saturated carbocycles. The normalized spacial score (nSPS) is 12.4. The van der Waals surface area contributed by atoms with Crippen LogP contribution in [0, 0.1) is 0 Å². The molecule has 140 valence electrons. The summed E-state index contributed by atoms with van der Waals surface area (Å²) in [6.45, 7) is 12.3. The van der Waals surface area contributed by atoms with Crippen molar-refractivity contribution >= 4 is 17.2 Å². The van der Waals surface area contributed by atoms with E-state index in [0.29, 0.717) is 5.75 Å². The zero-order valence-corrected chi connectivity index (χ0v) is 16.6. The maximum absolute atomic E-state index is 10.5. The van der Waals surface area contributed by atoms with Crippen LogP contribution in [-0.4, -0.2) is 29.6 Å². The van der Waals surface area contributed by atoms with E-state index in [1.165, 1.54) is 0 Å². The zero-order valence-electron chi connectivity index (χ0n) is 14.8. The van der Waals surface area contributed by atoms with Gasteiger partial charge in [0.2, 0.25) is 0 Å². The fraction of sp³-hybridized carbons (Fsp3) is 0.600. The van der Waals surface area contributed by atoms with Gasteiger partial charge < -0.3 is 34.1 Å². The van der Waals surface area contributed by atoms with Crippen LogP contribution < -0.4 is 0 Å². The molecular weight excluding hydrogens is 354 g/mol. The highest BCUT2D eigenvalue weighted by Crippen LogP contribution is 2.40. The molecule has 1 aromatic carbocycles. The van der Waals surface area contributed by atoms with Crippen molar-refractivity contribution in [2.24, 2.45) is 0 Å². The maximum Gasteiger partial charge on any atom is 0.327 e. The fourth-order valence-electron chi connectivity index (χ4n) is 2.05. The van der Waals surface area contributed by atoms with E-state index in [-0.39, 0.29) is 17.4 Å². The van der Waals surface area contributed by atoms with Crippen LogP contribution in [0.25, 0.3) is 0 Å². The molecule has 1 rings (SSSR count). The van der Waals surface area contributed by atoms with Crippen molar-refractivity contribution in [3.63, 3.8) is 0 Å². The minimum absolute atomic E-state index is 0.116. The van der Waals surface area contributed by atoms with Crippen molar-refractivity contribution in [2.45, 2.75) is 59.0 Å². The third kappa shape index (κ3) is 8.65. The summed E-state index contributed by atoms with van der Waals surface area (Å²) < 4.78 is 4.90. The van der Waals surface area contributed by atoms with E-state index in [2.05, 4.69) is 0 Å². The molecule has 0 atom stereocenters. The summed E-state index contributed by atoms with van der Waals surface area (Å²) in [5.74, 6) is 0.309. The predicted octanol–water partition coefficient (Wildman–Crippen LogP) is 2.91. The van der Waals surface area contributed by atoms with Crippen LogP contribution in [0.5, 0.6) is 5.75 Å². The maximum atomic E-state index is 10.5. The van der Waals surface area contributed by atoms with E-state index in [1.54, 1.807) is 0 Å². The molecule has 0 unspecified atom stereocenters. The van der Waals surface area contributed by atoms with Crippen molar-refractivity contribution in [3.8, 4) is 5.75 Å². The Morgan fingerprint density at radius 3 is 1.42 bits per heavy atom. The number of rotatable bonds is 3. The zero-order chi connectivity index (χ0) is 19.3. The smallest absolute Gasteiger partial charge is 0.327 e. The molecule has 0 aromatic heterocycles. The van der Waals surface area contributed by atoms with Crippen molar-refractivity contribution in [3.05, 3.63) is 28.8 Å². The summed E-state index contributed by atoms with van der Waals surface area (Å²) in [6, 6.07) is 3.73. The van der Waals surface area contributed by atoms with Gasteiger partial charge in [0.05, 0.1) is 6.61 Å². The largest absolute Gasteiger partial charge is 0.507 e. The second-order valence-electron chi connectivity index (χ2n) is 7.33. The molecule has 0 spiro atoms. The first-order valence-electron chi connectivity index (χ1n) is 7.20. The molecule has 0 aliphatic heterocycles. The van der Waals surface area contributed by atoms with Crippen LogP contribution in [0.15, 0.2) is 12.1 Å². The van der Waals surface area contributed by atoms with Crippen molar-refractivity contribution in [1.29, 1.82) is 0 Å². The third-order valence-electron chi connectivity index (χ3n) is 3.13. The number of hydrogen-bond acceptors (Lipinski definition) is 7. The van der Waals surface area contributed by atoms with E-state index in [1.807, 2.05) is 53.7 Å². The van der Waals surface area contributed by atoms with Crippen LogP contribution in [0.1, 0.15) is 58.2 Å². The number of phenols is 1. The molecule has 0 fully saturated rings. The molecule has 6 N–H and O–H groups in total. The summed E-state index contributed by atoms with van der Waals surface area (Å²) in [6.07, 6.45) is 0. The first kappa shape index (κ1) is 23.6. The average Bonchev–Trinajstić information content (AvgIpc) is 2.33. The molecule has 1 aromatic rings. The second kappa shape index (κ2) is 9.37. The molecule has 7 nitrogen and oxygen atoms in total. The lowest BCUT2D eigenvalue weighted by atomic mass is 9.78.